The SMILES string of the molecule is COc1cc(C=C2C=C(c3ccc(Br)cc3)OC2=O)ccc1OC(C)=O. The number of hydrogen-bond acceptors (Lipinski definition) is 5. The number of cyclic esters (lactones) is 1. The lowest BCUT2D eigenvalue weighted by atomic mass is 10.1. The molecule has 0 fully saturated rings. The first kappa shape index (κ1) is 17.9. The van der Waals surface area contributed by atoms with Crippen molar-refractivity contribution in [3.8, 4) is 11.5 Å². The van der Waals surface area contributed by atoms with Crippen LogP contribution < -0.4 is 9.47 Å². The second-order valence-electron chi connectivity index (χ2n) is 5.51. The lowest BCUT2D eigenvalue weighted by Gasteiger charge is -2.08. The Bertz CT molecular complexity index is 926. The summed E-state index contributed by atoms with van der Waals surface area (Å²) in [4.78, 5) is 23.3. The Morgan fingerprint density at radius 2 is 1.85 bits per heavy atom. The minimum Gasteiger partial charge on any atom is -0.493 e. The van der Waals surface area contributed by atoms with Gasteiger partial charge in [-0.3, -0.25) is 4.79 Å². The van der Waals surface area contributed by atoms with E-state index in [2.05, 4.69) is 15.9 Å². The van der Waals surface area contributed by atoms with Crippen LogP contribution in [-0.4, -0.2) is 19.0 Å². The number of halogens is 1. The van der Waals surface area contributed by atoms with Crippen molar-refractivity contribution in [3.05, 3.63) is 69.7 Å². The molecule has 0 aromatic heterocycles. The van der Waals surface area contributed by atoms with Gasteiger partial charge in [-0.2, -0.15) is 0 Å². The fraction of sp³-hybridized carbons (Fsp3) is 0.100. The average molecular weight is 415 g/mol. The summed E-state index contributed by atoms with van der Waals surface area (Å²) in [6, 6.07) is 12.5. The van der Waals surface area contributed by atoms with E-state index in [9.17, 15) is 9.59 Å². The van der Waals surface area contributed by atoms with Gasteiger partial charge in [0.1, 0.15) is 5.76 Å². The fourth-order valence-electron chi connectivity index (χ4n) is 2.44. The molecule has 2 aromatic carbocycles. The lowest BCUT2D eigenvalue weighted by Crippen LogP contribution is -2.03. The molecule has 0 radical (unpaired) electrons. The highest BCUT2D eigenvalue weighted by Crippen LogP contribution is 2.31. The van der Waals surface area contributed by atoms with Crippen molar-refractivity contribution < 1.29 is 23.8 Å². The van der Waals surface area contributed by atoms with E-state index in [1.54, 1.807) is 30.4 Å². The third kappa shape index (κ3) is 4.03. The molecule has 1 aliphatic rings. The van der Waals surface area contributed by atoms with Crippen molar-refractivity contribution in [2.24, 2.45) is 0 Å². The lowest BCUT2D eigenvalue weighted by molar-refractivity contribution is -0.132. The van der Waals surface area contributed by atoms with Gasteiger partial charge in [-0.1, -0.05) is 34.1 Å². The van der Waals surface area contributed by atoms with Crippen LogP contribution >= 0.6 is 15.9 Å². The minimum absolute atomic E-state index is 0.322. The highest BCUT2D eigenvalue weighted by atomic mass is 79.9. The van der Waals surface area contributed by atoms with Crippen LogP contribution in [0.1, 0.15) is 18.1 Å². The molecular formula is C20H15BrO5. The molecule has 0 spiro atoms. The number of carbonyl (C=O) groups excluding carboxylic acids is 2. The van der Waals surface area contributed by atoms with Crippen LogP contribution in [0.15, 0.2) is 58.6 Å². The smallest absolute Gasteiger partial charge is 0.343 e. The van der Waals surface area contributed by atoms with E-state index in [0.717, 1.165) is 15.6 Å². The number of rotatable bonds is 4. The predicted molar refractivity (Wildman–Crippen MR) is 100 cm³/mol. The second kappa shape index (κ2) is 7.58. The number of methoxy groups -OCH3 is 1. The quantitative estimate of drug-likeness (QED) is 0.422. The summed E-state index contributed by atoms with van der Waals surface area (Å²) >= 11 is 3.37. The van der Waals surface area contributed by atoms with Crippen LogP contribution in [0.4, 0.5) is 0 Å². The van der Waals surface area contributed by atoms with Crippen LogP contribution in [0.25, 0.3) is 11.8 Å². The van der Waals surface area contributed by atoms with E-state index >= 15 is 0 Å². The summed E-state index contributed by atoms with van der Waals surface area (Å²) in [7, 11) is 1.48. The molecule has 0 bridgehead atoms. The number of esters is 2. The van der Waals surface area contributed by atoms with Gasteiger partial charge in [0.05, 0.1) is 12.7 Å². The van der Waals surface area contributed by atoms with Gasteiger partial charge in [0.15, 0.2) is 11.5 Å². The van der Waals surface area contributed by atoms with Crippen molar-refractivity contribution in [2.45, 2.75) is 6.92 Å². The monoisotopic (exact) mass is 414 g/mol. The second-order valence-corrected chi connectivity index (χ2v) is 6.42. The summed E-state index contributed by atoms with van der Waals surface area (Å²) in [5.41, 5.74) is 1.95. The summed E-state index contributed by atoms with van der Waals surface area (Å²) in [5, 5.41) is 0. The van der Waals surface area contributed by atoms with Crippen molar-refractivity contribution in [1.82, 2.24) is 0 Å². The molecule has 0 saturated heterocycles. The molecule has 2 aromatic rings. The topological polar surface area (TPSA) is 61.8 Å². The highest BCUT2D eigenvalue weighted by Gasteiger charge is 2.22. The highest BCUT2D eigenvalue weighted by molar-refractivity contribution is 9.10. The first-order valence-electron chi connectivity index (χ1n) is 7.74. The van der Waals surface area contributed by atoms with Crippen LogP contribution in [0.2, 0.25) is 0 Å². The normalized spacial score (nSPS) is 14.8. The minimum atomic E-state index is -0.434. The summed E-state index contributed by atoms with van der Waals surface area (Å²) in [5.74, 6) is 0.360. The van der Waals surface area contributed by atoms with Gasteiger partial charge < -0.3 is 14.2 Å². The van der Waals surface area contributed by atoms with Crippen molar-refractivity contribution in [2.75, 3.05) is 7.11 Å². The molecule has 0 atom stereocenters. The molecule has 0 N–H and O–H groups in total. The summed E-state index contributed by atoms with van der Waals surface area (Å²) in [6.07, 6.45) is 3.38. The van der Waals surface area contributed by atoms with Crippen molar-refractivity contribution >= 4 is 39.7 Å². The number of benzene rings is 2. The predicted octanol–water partition coefficient (Wildman–Crippen LogP) is 4.36. The van der Waals surface area contributed by atoms with Crippen LogP contribution in [-0.2, 0) is 14.3 Å². The molecule has 0 saturated carbocycles. The maximum atomic E-state index is 12.1. The summed E-state index contributed by atoms with van der Waals surface area (Å²) in [6.45, 7) is 1.32. The van der Waals surface area contributed by atoms with Gasteiger partial charge in [0.2, 0.25) is 0 Å². The zero-order chi connectivity index (χ0) is 18.7. The van der Waals surface area contributed by atoms with Gasteiger partial charge >= 0.3 is 11.9 Å². The van der Waals surface area contributed by atoms with Gasteiger partial charge in [0.25, 0.3) is 0 Å². The first-order valence-corrected chi connectivity index (χ1v) is 8.53. The van der Waals surface area contributed by atoms with Gasteiger partial charge in [-0.15, -0.1) is 0 Å². The molecule has 132 valence electrons. The first-order chi connectivity index (χ1) is 12.5. The standard InChI is InChI=1S/C20H15BrO5/c1-12(22)25-17-8-3-13(10-19(17)24-2)9-15-11-18(26-20(15)23)14-4-6-16(21)7-5-14/h3-11H,1-2H3. The molecule has 5 nitrogen and oxygen atoms in total. The van der Waals surface area contributed by atoms with E-state index in [4.69, 9.17) is 14.2 Å². The molecule has 1 aliphatic heterocycles. The molecule has 0 amide bonds. The zero-order valence-corrected chi connectivity index (χ0v) is 15.7. The Morgan fingerprint density at radius 3 is 2.50 bits per heavy atom. The van der Waals surface area contributed by atoms with E-state index in [1.807, 2.05) is 24.3 Å². The van der Waals surface area contributed by atoms with Gasteiger partial charge in [0, 0.05) is 17.0 Å². The van der Waals surface area contributed by atoms with Gasteiger partial charge in [-0.05, 0) is 42.0 Å². The molecular weight excluding hydrogens is 400 g/mol. The Labute approximate surface area is 159 Å². The molecule has 3 rings (SSSR count). The third-order valence-electron chi connectivity index (χ3n) is 3.62. The van der Waals surface area contributed by atoms with E-state index in [1.165, 1.54) is 14.0 Å². The molecule has 0 aliphatic carbocycles. The third-order valence-corrected chi connectivity index (χ3v) is 4.15. The van der Waals surface area contributed by atoms with Crippen LogP contribution in [0.5, 0.6) is 11.5 Å². The van der Waals surface area contributed by atoms with Gasteiger partial charge in [-0.25, -0.2) is 4.79 Å². The zero-order valence-electron chi connectivity index (χ0n) is 14.1. The van der Waals surface area contributed by atoms with Crippen molar-refractivity contribution in [1.29, 1.82) is 0 Å². The van der Waals surface area contributed by atoms with Crippen LogP contribution in [0.3, 0.4) is 0 Å². The van der Waals surface area contributed by atoms with E-state index in [0.29, 0.717) is 22.8 Å². The molecule has 6 heteroatoms. The number of ether oxygens (including phenoxy) is 3. The summed E-state index contributed by atoms with van der Waals surface area (Å²) < 4.78 is 16.6. The number of hydrogen-bond donors (Lipinski definition) is 0. The Hall–Kier alpha value is -2.86. The fourth-order valence-corrected chi connectivity index (χ4v) is 2.70. The average Bonchev–Trinajstić information content (AvgIpc) is 2.97. The Morgan fingerprint density at radius 1 is 1.12 bits per heavy atom. The maximum Gasteiger partial charge on any atom is 0.343 e. The molecule has 0 unspecified atom stereocenters. The van der Waals surface area contributed by atoms with Crippen molar-refractivity contribution in [3.63, 3.8) is 0 Å². The molecule has 26 heavy (non-hydrogen) atoms. The Balaban J connectivity index is 1.90. The van der Waals surface area contributed by atoms with E-state index < -0.39 is 11.9 Å². The van der Waals surface area contributed by atoms with E-state index in [-0.39, 0.29) is 0 Å². The largest absolute Gasteiger partial charge is 0.493 e. The maximum absolute atomic E-state index is 12.1. The van der Waals surface area contributed by atoms with Crippen LogP contribution in [0, 0.1) is 0 Å². The Kier molecular flexibility index (Phi) is 5.23. The molecule has 1 heterocycles. The number of carbonyl (C=O) groups is 2.